The van der Waals surface area contributed by atoms with Crippen molar-refractivity contribution in [2.45, 2.75) is 109 Å². The largest absolute Gasteiger partial charge is 0.481 e. The number of aliphatic carboxylic acids is 1. The van der Waals surface area contributed by atoms with Crippen LogP contribution in [0.5, 0.6) is 0 Å². The van der Waals surface area contributed by atoms with Gasteiger partial charge in [-0.3, -0.25) is 9.59 Å². The SMILES string of the molecule is CCCCC[C@H](O)/C=C/[C@@H]1C(SCCCCCC(=O)O)=C(OC(=O)C2CCCCC2)C[C@H]1O. The Morgan fingerprint density at radius 1 is 1.12 bits per heavy atom. The first-order valence-corrected chi connectivity index (χ1v) is 13.7. The van der Waals surface area contributed by atoms with Gasteiger partial charge in [-0.25, -0.2) is 0 Å². The molecule has 1 fully saturated rings. The quantitative estimate of drug-likeness (QED) is 0.159. The molecule has 0 bridgehead atoms. The van der Waals surface area contributed by atoms with Crippen LogP contribution in [0.4, 0.5) is 0 Å². The number of rotatable bonds is 15. The molecule has 3 N–H and O–H groups in total. The summed E-state index contributed by atoms with van der Waals surface area (Å²) in [5.41, 5.74) is 0. The predicted molar refractivity (Wildman–Crippen MR) is 132 cm³/mol. The van der Waals surface area contributed by atoms with Gasteiger partial charge in [0.2, 0.25) is 0 Å². The molecule has 2 rings (SSSR count). The topological polar surface area (TPSA) is 104 Å². The number of carboxylic acids is 1. The highest BCUT2D eigenvalue weighted by molar-refractivity contribution is 8.03. The second-order valence-electron chi connectivity index (χ2n) is 9.34. The van der Waals surface area contributed by atoms with Crippen LogP contribution in [-0.2, 0) is 14.3 Å². The van der Waals surface area contributed by atoms with Crippen LogP contribution in [0.25, 0.3) is 0 Å². The summed E-state index contributed by atoms with van der Waals surface area (Å²) in [6.45, 7) is 2.13. The van der Waals surface area contributed by atoms with E-state index in [1.165, 1.54) is 6.42 Å². The van der Waals surface area contributed by atoms with Crippen LogP contribution in [-0.4, -0.2) is 45.2 Å². The van der Waals surface area contributed by atoms with Crippen molar-refractivity contribution in [3.05, 3.63) is 22.8 Å². The summed E-state index contributed by atoms with van der Waals surface area (Å²) < 4.78 is 5.85. The molecule has 0 aromatic heterocycles. The van der Waals surface area contributed by atoms with Gasteiger partial charge in [-0.05, 0) is 37.9 Å². The molecular formula is C26H42O6S. The zero-order valence-electron chi connectivity index (χ0n) is 20.0. The molecule has 1 saturated carbocycles. The third kappa shape index (κ3) is 10.2. The highest BCUT2D eigenvalue weighted by Crippen LogP contribution is 2.42. The molecule has 2 aliphatic rings. The first-order valence-electron chi connectivity index (χ1n) is 12.8. The highest BCUT2D eigenvalue weighted by atomic mass is 32.2. The van der Waals surface area contributed by atoms with Gasteiger partial charge in [0.25, 0.3) is 0 Å². The Kier molecular flexibility index (Phi) is 13.2. The third-order valence-electron chi connectivity index (χ3n) is 6.49. The average Bonchev–Trinajstić information content (AvgIpc) is 3.09. The lowest BCUT2D eigenvalue weighted by Crippen LogP contribution is -2.20. The number of carbonyl (C=O) groups is 2. The number of ether oxygens (including phenoxy) is 1. The lowest BCUT2D eigenvalue weighted by atomic mass is 9.89. The molecule has 6 nitrogen and oxygen atoms in total. The molecule has 33 heavy (non-hydrogen) atoms. The molecule has 0 aliphatic heterocycles. The Labute approximate surface area is 202 Å². The van der Waals surface area contributed by atoms with Crippen molar-refractivity contribution in [2.75, 3.05) is 5.75 Å². The first kappa shape index (κ1) is 27.9. The lowest BCUT2D eigenvalue weighted by Gasteiger charge is -2.20. The van der Waals surface area contributed by atoms with Crippen LogP contribution in [0.3, 0.4) is 0 Å². The molecule has 0 heterocycles. The molecular weight excluding hydrogens is 440 g/mol. The van der Waals surface area contributed by atoms with Crippen molar-refractivity contribution in [1.82, 2.24) is 0 Å². The number of aliphatic hydroxyl groups excluding tert-OH is 2. The minimum Gasteiger partial charge on any atom is -0.481 e. The van der Waals surface area contributed by atoms with Crippen molar-refractivity contribution < 1.29 is 29.6 Å². The number of hydrogen-bond donors (Lipinski definition) is 3. The summed E-state index contributed by atoms with van der Waals surface area (Å²) in [6, 6.07) is 0. The Morgan fingerprint density at radius 2 is 1.88 bits per heavy atom. The van der Waals surface area contributed by atoms with Gasteiger partial charge in [0.1, 0.15) is 5.76 Å². The fraction of sp³-hybridized carbons (Fsp3) is 0.769. The standard InChI is InChI=1S/C26H42O6S/c1-2-3-6-13-20(27)15-16-21-22(28)18-23(32-26(31)19-11-7-4-8-12-19)25(21)33-17-10-5-9-14-24(29)30/h15-16,19-22,27-28H,2-14,17-18H2,1H3,(H,29,30)/b16-15+/t20-,21-,22+/m0/s1. The van der Waals surface area contributed by atoms with Crippen molar-refractivity contribution in [1.29, 1.82) is 0 Å². The maximum Gasteiger partial charge on any atom is 0.314 e. The van der Waals surface area contributed by atoms with E-state index in [1.807, 2.05) is 6.08 Å². The number of aliphatic hydroxyl groups is 2. The molecule has 0 aromatic carbocycles. The summed E-state index contributed by atoms with van der Waals surface area (Å²) in [7, 11) is 0. The summed E-state index contributed by atoms with van der Waals surface area (Å²) in [6.07, 6.45) is 14.1. The van der Waals surface area contributed by atoms with Crippen molar-refractivity contribution in [3.63, 3.8) is 0 Å². The van der Waals surface area contributed by atoms with E-state index in [2.05, 4.69) is 6.92 Å². The third-order valence-corrected chi connectivity index (χ3v) is 7.79. The molecule has 7 heteroatoms. The molecule has 0 radical (unpaired) electrons. The summed E-state index contributed by atoms with van der Waals surface area (Å²) in [5, 5.41) is 29.8. The first-order chi connectivity index (χ1) is 15.9. The predicted octanol–water partition coefficient (Wildman–Crippen LogP) is 5.58. The maximum absolute atomic E-state index is 12.7. The minimum atomic E-state index is -0.774. The number of carbonyl (C=O) groups excluding carboxylic acids is 1. The Morgan fingerprint density at radius 3 is 2.58 bits per heavy atom. The zero-order valence-corrected chi connectivity index (χ0v) is 20.9. The van der Waals surface area contributed by atoms with E-state index >= 15 is 0 Å². The van der Waals surface area contributed by atoms with Gasteiger partial charge >= 0.3 is 11.9 Å². The van der Waals surface area contributed by atoms with Crippen LogP contribution in [0.15, 0.2) is 22.8 Å². The molecule has 0 unspecified atom stereocenters. The van der Waals surface area contributed by atoms with E-state index in [9.17, 15) is 19.8 Å². The average molecular weight is 483 g/mol. The van der Waals surface area contributed by atoms with Crippen molar-refractivity contribution >= 4 is 23.7 Å². The Balaban J connectivity index is 2.02. The zero-order chi connectivity index (χ0) is 24.1. The van der Waals surface area contributed by atoms with Crippen LogP contribution < -0.4 is 0 Å². The van der Waals surface area contributed by atoms with E-state index in [1.54, 1.807) is 17.8 Å². The van der Waals surface area contributed by atoms with Gasteiger partial charge in [-0.2, -0.15) is 0 Å². The molecule has 2 aliphatic carbocycles. The van der Waals surface area contributed by atoms with E-state index in [0.29, 0.717) is 25.0 Å². The van der Waals surface area contributed by atoms with Crippen LogP contribution in [0.1, 0.15) is 96.8 Å². The molecule has 0 aromatic rings. The highest BCUT2D eigenvalue weighted by Gasteiger charge is 2.36. The monoisotopic (exact) mass is 482 g/mol. The van der Waals surface area contributed by atoms with E-state index in [4.69, 9.17) is 9.84 Å². The Hall–Kier alpha value is -1.31. The normalized spacial score (nSPS) is 22.8. The van der Waals surface area contributed by atoms with Gasteiger partial charge in [0.05, 0.1) is 18.1 Å². The number of carboxylic acid groups (broad SMARTS) is 1. The van der Waals surface area contributed by atoms with E-state index in [-0.39, 0.29) is 24.2 Å². The smallest absolute Gasteiger partial charge is 0.314 e. The fourth-order valence-electron chi connectivity index (χ4n) is 4.49. The van der Waals surface area contributed by atoms with Crippen LogP contribution in [0, 0.1) is 11.8 Å². The second kappa shape index (κ2) is 15.6. The number of hydrogen-bond acceptors (Lipinski definition) is 6. The van der Waals surface area contributed by atoms with Gasteiger partial charge in [-0.15, -0.1) is 11.8 Å². The minimum absolute atomic E-state index is 0.0550. The molecule has 0 saturated heterocycles. The van der Waals surface area contributed by atoms with E-state index < -0.39 is 18.2 Å². The second-order valence-corrected chi connectivity index (χ2v) is 10.5. The Bertz CT molecular complexity index is 668. The number of esters is 1. The fourth-order valence-corrected chi connectivity index (χ4v) is 5.77. The molecule has 0 amide bonds. The van der Waals surface area contributed by atoms with Gasteiger partial charge in [0, 0.05) is 23.7 Å². The number of thioether (sulfide) groups is 1. The van der Waals surface area contributed by atoms with Crippen LogP contribution in [0.2, 0.25) is 0 Å². The maximum atomic E-state index is 12.7. The molecule has 0 spiro atoms. The van der Waals surface area contributed by atoms with Crippen molar-refractivity contribution in [2.24, 2.45) is 11.8 Å². The van der Waals surface area contributed by atoms with Crippen LogP contribution >= 0.6 is 11.8 Å². The van der Waals surface area contributed by atoms with Crippen molar-refractivity contribution in [3.8, 4) is 0 Å². The number of unbranched alkanes of at least 4 members (excludes halogenated alkanes) is 4. The van der Waals surface area contributed by atoms with Gasteiger partial charge < -0.3 is 20.1 Å². The van der Waals surface area contributed by atoms with Gasteiger partial charge in [0.15, 0.2) is 0 Å². The molecule has 188 valence electrons. The van der Waals surface area contributed by atoms with E-state index in [0.717, 1.165) is 68.4 Å². The lowest BCUT2D eigenvalue weighted by molar-refractivity contribution is -0.145. The summed E-state index contributed by atoms with van der Waals surface area (Å²) in [4.78, 5) is 24.3. The molecule has 3 atom stereocenters. The van der Waals surface area contributed by atoms with Gasteiger partial charge in [-0.1, -0.05) is 64.0 Å². The summed E-state index contributed by atoms with van der Waals surface area (Å²) >= 11 is 1.59. The summed E-state index contributed by atoms with van der Waals surface area (Å²) in [5.74, 6) is 0.0492.